The van der Waals surface area contributed by atoms with E-state index < -0.39 is 18.9 Å². The number of alkyl halides is 2. The zero-order valence-corrected chi connectivity index (χ0v) is 18.3. The van der Waals surface area contributed by atoms with Gasteiger partial charge in [-0.15, -0.1) is 0 Å². The second kappa shape index (κ2) is 8.66. The molecule has 32 heavy (non-hydrogen) atoms. The van der Waals surface area contributed by atoms with E-state index in [1.807, 2.05) is 44.2 Å². The molecule has 2 N–H and O–H groups in total. The van der Waals surface area contributed by atoms with E-state index in [9.17, 15) is 13.6 Å². The molecule has 7 nitrogen and oxygen atoms in total. The Kier molecular flexibility index (Phi) is 5.92. The third-order valence-corrected chi connectivity index (χ3v) is 5.70. The molecule has 0 radical (unpaired) electrons. The van der Waals surface area contributed by atoms with Crippen molar-refractivity contribution in [3.8, 4) is 11.1 Å². The number of hydrogen-bond acceptors (Lipinski definition) is 5. The summed E-state index contributed by atoms with van der Waals surface area (Å²) in [5.74, 6) is -0.480. The van der Waals surface area contributed by atoms with Crippen LogP contribution in [-0.4, -0.2) is 67.2 Å². The number of anilines is 1. The van der Waals surface area contributed by atoms with Crippen LogP contribution in [0.4, 0.5) is 20.2 Å². The number of carbonyl (C=O) groups is 1. The second-order valence-electron chi connectivity index (χ2n) is 8.24. The quantitative estimate of drug-likeness (QED) is 0.583. The minimum absolute atomic E-state index is 0.399. The Morgan fingerprint density at radius 3 is 2.69 bits per heavy atom. The van der Waals surface area contributed by atoms with Crippen LogP contribution in [0.3, 0.4) is 0 Å². The number of rotatable bonds is 8. The van der Waals surface area contributed by atoms with E-state index in [0.717, 1.165) is 34.6 Å². The zero-order chi connectivity index (χ0) is 23.0. The highest BCUT2D eigenvalue weighted by molar-refractivity contribution is 6.06. The fourth-order valence-corrected chi connectivity index (χ4v) is 4.08. The summed E-state index contributed by atoms with van der Waals surface area (Å²) in [7, 11) is 5.92. The number of aromatic nitrogens is 2. The summed E-state index contributed by atoms with van der Waals surface area (Å²) < 4.78 is 27.1. The molecule has 1 aromatic heterocycles. The topological polar surface area (TPSA) is 79.8 Å². The summed E-state index contributed by atoms with van der Waals surface area (Å²) in [5, 5.41) is 0. The van der Waals surface area contributed by atoms with Crippen LogP contribution in [0.5, 0.6) is 0 Å². The van der Waals surface area contributed by atoms with Gasteiger partial charge in [-0.1, -0.05) is 6.07 Å². The molecule has 0 fully saturated rings. The van der Waals surface area contributed by atoms with Gasteiger partial charge < -0.3 is 20.1 Å². The molecule has 0 atom stereocenters. The van der Waals surface area contributed by atoms with Crippen LogP contribution < -0.4 is 10.6 Å². The average Bonchev–Trinajstić information content (AvgIpc) is 3.37. The van der Waals surface area contributed by atoms with Crippen LogP contribution in [0.2, 0.25) is 0 Å². The van der Waals surface area contributed by atoms with E-state index in [1.165, 1.54) is 10.9 Å². The van der Waals surface area contributed by atoms with E-state index in [2.05, 4.69) is 14.9 Å². The minimum Gasteiger partial charge on any atom is -0.373 e. The number of aliphatic imine (C=N–C) groups is 1. The van der Waals surface area contributed by atoms with Crippen molar-refractivity contribution in [1.82, 2.24) is 14.5 Å². The lowest BCUT2D eigenvalue weighted by Crippen LogP contribution is -2.30. The normalized spacial score (nSPS) is 12.8. The molecule has 0 unspecified atom stereocenters. The highest BCUT2D eigenvalue weighted by Crippen LogP contribution is 2.43. The molecule has 0 bridgehead atoms. The predicted molar refractivity (Wildman–Crippen MR) is 123 cm³/mol. The van der Waals surface area contributed by atoms with Gasteiger partial charge in [0, 0.05) is 38.3 Å². The van der Waals surface area contributed by atoms with Gasteiger partial charge in [0.25, 0.3) is 12.3 Å². The Balaban J connectivity index is 1.83. The number of nitrogens with zero attached hydrogens (tertiary/aromatic N) is 5. The summed E-state index contributed by atoms with van der Waals surface area (Å²) in [6.07, 6.45) is 1.28. The first-order valence-electron chi connectivity index (χ1n) is 10.4. The van der Waals surface area contributed by atoms with Crippen molar-refractivity contribution in [2.24, 2.45) is 10.7 Å². The molecule has 9 heteroatoms. The number of nitrogens with two attached hydrogens (primary N) is 1. The maximum atomic E-state index is 12.8. The van der Waals surface area contributed by atoms with Gasteiger partial charge in [0.2, 0.25) is 0 Å². The van der Waals surface area contributed by atoms with Gasteiger partial charge in [0.05, 0.1) is 40.8 Å². The molecular formula is C23H26F2N6O. The van der Waals surface area contributed by atoms with E-state index in [4.69, 9.17) is 5.73 Å². The van der Waals surface area contributed by atoms with Crippen LogP contribution in [0, 0.1) is 0 Å². The van der Waals surface area contributed by atoms with E-state index in [1.54, 1.807) is 12.3 Å². The first kappa shape index (κ1) is 21.9. The third kappa shape index (κ3) is 4.08. The molecule has 3 aromatic rings. The standard InChI is InChI=1S/C23H26F2N6O/c1-29(2)8-9-30(3)19-11-16(22-15(6-7-27-22)21(19)23(26)32)14-4-5-18-17(10-14)28-13-31(18)12-20(24)25/h4-5,7,10-11,13,20H,6,8-9,12H2,1-3H3,(H2,26,32). The fourth-order valence-electron chi connectivity index (χ4n) is 4.08. The number of likely N-dealkylation sites (N-methyl/N-ethyl adjacent to an activating group) is 2. The lowest BCUT2D eigenvalue weighted by molar-refractivity contribution is 0.1000. The lowest BCUT2D eigenvalue weighted by Gasteiger charge is -2.26. The number of carbonyl (C=O) groups excluding carboxylic acids is 1. The van der Waals surface area contributed by atoms with E-state index >= 15 is 0 Å². The Bertz CT molecular complexity index is 1200. The average molecular weight is 440 g/mol. The SMILES string of the molecule is CN(C)CCN(C)c1cc(-c2ccc3c(c2)ncn3CC(F)F)c2c(c1C(N)=O)CC=N2. The Labute approximate surface area is 185 Å². The van der Waals surface area contributed by atoms with Gasteiger partial charge in [-0.25, -0.2) is 13.8 Å². The number of hydrogen-bond donors (Lipinski definition) is 1. The molecule has 1 aliphatic rings. The van der Waals surface area contributed by atoms with Crippen molar-refractivity contribution in [3.63, 3.8) is 0 Å². The lowest BCUT2D eigenvalue weighted by atomic mass is 9.93. The molecule has 4 rings (SSSR count). The third-order valence-electron chi connectivity index (χ3n) is 5.70. The van der Waals surface area contributed by atoms with E-state index in [-0.39, 0.29) is 0 Å². The summed E-state index contributed by atoms with van der Waals surface area (Å²) >= 11 is 0. The fraction of sp³-hybridized carbons (Fsp3) is 0.348. The summed E-state index contributed by atoms with van der Waals surface area (Å²) in [4.78, 5) is 25.3. The largest absolute Gasteiger partial charge is 0.373 e. The van der Waals surface area contributed by atoms with Gasteiger partial charge in [-0.3, -0.25) is 9.79 Å². The highest BCUT2D eigenvalue weighted by Gasteiger charge is 2.26. The first-order chi connectivity index (χ1) is 15.3. The van der Waals surface area contributed by atoms with Crippen molar-refractivity contribution in [2.75, 3.05) is 39.1 Å². The van der Waals surface area contributed by atoms with Crippen LogP contribution in [0.15, 0.2) is 35.6 Å². The summed E-state index contributed by atoms with van der Waals surface area (Å²) in [6, 6.07) is 7.48. The molecule has 0 saturated carbocycles. The van der Waals surface area contributed by atoms with Crippen LogP contribution in [0.25, 0.3) is 22.2 Å². The van der Waals surface area contributed by atoms with Crippen molar-refractivity contribution >= 4 is 34.5 Å². The second-order valence-corrected chi connectivity index (χ2v) is 8.24. The number of halogens is 2. The number of imidazole rings is 1. The van der Waals surface area contributed by atoms with Crippen molar-refractivity contribution in [3.05, 3.63) is 41.7 Å². The van der Waals surface area contributed by atoms with Crippen LogP contribution in [0.1, 0.15) is 15.9 Å². The number of benzene rings is 2. The molecule has 0 aliphatic carbocycles. The van der Waals surface area contributed by atoms with Gasteiger partial charge in [0.1, 0.15) is 0 Å². The van der Waals surface area contributed by atoms with Crippen molar-refractivity contribution in [2.45, 2.75) is 19.4 Å². The van der Waals surface area contributed by atoms with Crippen LogP contribution >= 0.6 is 0 Å². The highest BCUT2D eigenvalue weighted by atomic mass is 19.3. The molecule has 1 amide bonds. The van der Waals surface area contributed by atoms with Gasteiger partial charge in [-0.05, 0) is 43.4 Å². The number of primary amides is 1. The molecule has 2 heterocycles. The smallest absolute Gasteiger partial charge is 0.256 e. The Morgan fingerprint density at radius 2 is 2.00 bits per heavy atom. The number of fused-ring (bicyclic) bond motifs is 2. The number of amides is 1. The first-order valence-corrected chi connectivity index (χ1v) is 10.4. The van der Waals surface area contributed by atoms with Gasteiger partial charge in [-0.2, -0.15) is 0 Å². The van der Waals surface area contributed by atoms with E-state index in [0.29, 0.717) is 29.6 Å². The molecule has 0 saturated heterocycles. The van der Waals surface area contributed by atoms with Gasteiger partial charge >= 0.3 is 0 Å². The molecule has 168 valence electrons. The maximum absolute atomic E-state index is 12.8. The van der Waals surface area contributed by atoms with Gasteiger partial charge in [0.15, 0.2) is 0 Å². The summed E-state index contributed by atoms with van der Waals surface area (Å²) in [6.45, 7) is 1.12. The monoisotopic (exact) mass is 440 g/mol. The molecule has 0 spiro atoms. The molecule has 2 aromatic carbocycles. The Morgan fingerprint density at radius 1 is 1.22 bits per heavy atom. The zero-order valence-electron chi connectivity index (χ0n) is 18.3. The predicted octanol–water partition coefficient (Wildman–Crippen LogP) is 3.32. The van der Waals surface area contributed by atoms with Crippen molar-refractivity contribution in [1.29, 1.82) is 0 Å². The maximum Gasteiger partial charge on any atom is 0.256 e. The molecular weight excluding hydrogens is 414 g/mol. The Hall–Kier alpha value is -3.33. The molecule has 1 aliphatic heterocycles. The van der Waals surface area contributed by atoms with Crippen LogP contribution in [-0.2, 0) is 13.0 Å². The summed E-state index contributed by atoms with van der Waals surface area (Å²) in [5.41, 5.74) is 11.5. The minimum atomic E-state index is -2.45. The van der Waals surface area contributed by atoms with Crippen molar-refractivity contribution < 1.29 is 13.6 Å².